The summed E-state index contributed by atoms with van der Waals surface area (Å²) in [6.07, 6.45) is 0. The van der Waals surface area contributed by atoms with Crippen molar-refractivity contribution < 1.29 is 18.3 Å². The first-order chi connectivity index (χ1) is 13.3. The summed E-state index contributed by atoms with van der Waals surface area (Å²) in [6, 6.07) is 14.3. The van der Waals surface area contributed by atoms with E-state index in [1.165, 1.54) is 0 Å². The van der Waals surface area contributed by atoms with Gasteiger partial charge in [-0.3, -0.25) is 10.2 Å². The third-order valence-electron chi connectivity index (χ3n) is 3.99. The van der Waals surface area contributed by atoms with Gasteiger partial charge < -0.3 is 16.2 Å². The third kappa shape index (κ3) is 6.86. The molecule has 0 bridgehead atoms. The number of amidine groups is 1. The molecule has 0 unspecified atom stereocenters. The molecule has 0 aliphatic carbocycles. The molecule has 28 heavy (non-hydrogen) atoms. The van der Waals surface area contributed by atoms with Crippen molar-refractivity contribution in [3.8, 4) is 0 Å². The first-order valence-corrected chi connectivity index (χ1v) is 10.3. The molecule has 8 nitrogen and oxygen atoms in total. The first-order valence-electron chi connectivity index (χ1n) is 8.62. The molecular formula is C19H24N4O4S. The zero-order valence-electron chi connectivity index (χ0n) is 15.3. The number of hydrogen-bond donors (Lipinski definition) is 5. The second kappa shape index (κ2) is 10.1. The number of rotatable bonds is 11. The van der Waals surface area contributed by atoms with Crippen LogP contribution in [0.25, 0.3) is 0 Å². The van der Waals surface area contributed by atoms with Crippen LogP contribution in [0, 0.1) is 5.41 Å². The average Bonchev–Trinajstić information content (AvgIpc) is 2.67. The van der Waals surface area contributed by atoms with Crippen LogP contribution in [0.3, 0.4) is 0 Å². The molecule has 0 aliphatic heterocycles. The Kier molecular flexibility index (Phi) is 7.82. The van der Waals surface area contributed by atoms with E-state index in [0.29, 0.717) is 17.7 Å². The van der Waals surface area contributed by atoms with Gasteiger partial charge in [-0.2, -0.15) is 0 Å². The molecule has 0 radical (unpaired) electrons. The number of aliphatic hydroxyl groups is 1. The lowest BCUT2D eigenvalue weighted by atomic mass is 10.1. The van der Waals surface area contributed by atoms with E-state index in [-0.39, 0.29) is 18.1 Å². The van der Waals surface area contributed by atoms with Crippen molar-refractivity contribution in [3.63, 3.8) is 0 Å². The van der Waals surface area contributed by atoms with Crippen molar-refractivity contribution in [2.24, 2.45) is 5.73 Å². The number of sulfonamides is 1. The Bertz CT molecular complexity index is 899. The van der Waals surface area contributed by atoms with Crippen LogP contribution >= 0.6 is 0 Å². The van der Waals surface area contributed by atoms with E-state index >= 15 is 0 Å². The van der Waals surface area contributed by atoms with E-state index < -0.39 is 28.5 Å². The van der Waals surface area contributed by atoms with Gasteiger partial charge in [0, 0.05) is 12.1 Å². The Morgan fingerprint density at radius 3 is 2.29 bits per heavy atom. The summed E-state index contributed by atoms with van der Waals surface area (Å²) in [4.78, 5) is 12.2. The van der Waals surface area contributed by atoms with Gasteiger partial charge in [-0.15, -0.1) is 0 Å². The topological polar surface area (TPSA) is 145 Å². The fraction of sp³-hybridized carbons (Fsp3) is 0.263. The second-order valence-electron chi connectivity index (χ2n) is 6.28. The maximum Gasteiger partial charge on any atom is 0.216 e. The standard InChI is InChI=1S/C19H24N4O4S/c20-19(21)16-8-6-14(7-9-16)10-22-11-18(25)17(12-24)23-28(26,27)13-15-4-2-1-3-5-15/h1-9,17,22-24H,10-13H2,(H3,20,21)/t17-/m1/s1. The minimum absolute atomic E-state index is 0.0248. The molecule has 1 atom stereocenters. The molecule has 6 N–H and O–H groups in total. The van der Waals surface area contributed by atoms with Crippen molar-refractivity contribution in [1.82, 2.24) is 10.0 Å². The zero-order valence-corrected chi connectivity index (χ0v) is 16.1. The minimum atomic E-state index is -3.77. The van der Waals surface area contributed by atoms with Gasteiger partial charge in [0.2, 0.25) is 10.0 Å². The lowest BCUT2D eigenvalue weighted by Gasteiger charge is -2.16. The number of ketones is 1. The largest absolute Gasteiger partial charge is 0.394 e. The number of carbonyl (C=O) groups excluding carboxylic acids is 1. The maximum atomic E-state index is 12.2. The molecular weight excluding hydrogens is 380 g/mol. The molecule has 2 aromatic rings. The van der Waals surface area contributed by atoms with Gasteiger partial charge >= 0.3 is 0 Å². The van der Waals surface area contributed by atoms with Gasteiger partial charge in [-0.05, 0) is 11.1 Å². The first kappa shape index (κ1) is 21.7. The second-order valence-corrected chi connectivity index (χ2v) is 8.03. The van der Waals surface area contributed by atoms with E-state index in [1.54, 1.807) is 54.6 Å². The molecule has 0 saturated carbocycles. The van der Waals surface area contributed by atoms with E-state index in [9.17, 15) is 18.3 Å². The Labute approximate surface area is 164 Å². The van der Waals surface area contributed by atoms with Crippen LogP contribution in [0.2, 0.25) is 0 Å². The van der Waals surface area contributed by atoms with Gasteiger partial charge in [0.25, 0.3) is 0 Å². The Hall–Kier alpha value is -2.59. The van der Waals surface area contributed by atoms with E-state index in [4.69, 9.17) is 11.1 Å². The highest BCUT2D eigenvalue weighted by molar-refractivity contribution is 7.88. The number of benzene rings is 2. The molecule has 0 aliphatic rings. The smallest absolute Gasteiger partial charge is 0.216 e. The molecule has 150 valence electrons. The summed E-state index contributed by atoms with van der Waals surface area (Å²) in [6.45, 7) is -0.353. The number of aliphatic hydroxyl groups excluding tert-OH is 1. The lowest BCUT2D eigenvalue weighted by molar-refractivity contribution is -0.120. The Morgan fingerprint density at radius 2 is 1.71 bits per heavy atom. The summed E-state index contributed by atoms with van der Waals surface area (Å²) >= 11 is 0. The molecule has 2 aromatic carbocycles. The number of Topliss-reactive ketones (excluding diaryl/α,β-unsaturated/α-hetero) is 1. The predicted molar refractivity (Wildman–Crippen MR) is 107 cm³/mol. The van der Waals surface area contributed by atoms with Crippen molar-refractivity contribution in [2.75, 3.05) is 13.2 Å². The maximum absolute atomic E-state index is 12.2. The normalized spacial score (nSPS) is 12.5. The highest BCUT2D eigenvalue weighted by Crippen LogP contribution is 2.06. The SMILES string of the molecule is N=C(N)c1ccc(CNCC(=O)[C@@H](CO)NS(=O)(=O)Cc2ccccc2)cc1. The lowest BCUT2D eigenvalue weighted by Crippen LogP contribution is -2.46. The van der Waals surface area contributed by atoms with Crippen LogP contribution in [0.5, 0.6) is 0 Å². The quantitative estimate of drug-likeness (QED) is 0.265. The van der Waals surface area contributed by atoms with Crippen LogP contribution in [0.1, 0.15) is 16.7 Å². The summed E-state index contributed by atoms with van der Waals surface area (Å²) in [5.41, 5.74) is 7.47. The van der Waals surface area contributed by atoms with Gasteiger partial charge in [0.1, 0.15) is 11.9 Å². The Balaban J connectivity index is 1.86. The summed E-state index contributed by atoms with van der Waals surface area (Å²) in [5.74, 6) is -0.754. The molecule has 0 saturated heterocycles. The minimum Gasteiger partial charge on any atom is -0.394 e. The van der Waals surface area contributed by atoms with Gasteiger partial charge in [0.05, 0.1) is 18.9 Å². The summed E-state index contributed by atoms with van der Waals surface area (Å²) < 4.78 is 26.7. The fourth-order valence-electron chi connectivity index (χ4n) is 2.51. The van der Waals surface area contributed by atoms with Gasteiger partial charge in [-0.1, -0.05) is 54.6 Å². The number of nitrogens with two attached hydrogens (primary N) is 1. The van der Waals surface area contributed by atoms with E-state index in [1.807, 2.05) is 0 Å². The number of carbonyl (C=O) groups is 1. The van der Waals surface area contributed by atoms with Crippen LogP contribution in [-0.4, -0.2) is 44.3 Å². The fourth-order valence-corrected chi connectivity index (χ4v) is 3.87. The molecule has 0 amide bonds. The van der Waals surface area contributed by atoms with Crippen molar-refractivity contribution in [1.29, 1.82) is 5.41 Å². The third-order valence-corrected chi connectivity index (χ3v) is 5.34. The van der Waals surface area contributed by atoms with Gasteiger partial charge in [-0.25, -0.2) is 13.1 Å². The molecule has 0 heterocycles. The van der Waals surface area contributed by atoms with Crippen LogP contribution < -0.4 is 15.8 Å². The predicted octanol–water partition coefficient (Wildman–Crippen LogP) is 0.110. The van der Waals surface area contributed by atoms with Crippen molar-refractivity contribution in [2.45, 2.75) is 18.3 Å². The monoisotopic (exact) mass is 404 g/mol. The van der Waals surface area contributed by atoms with Crippen LogP contribution in [0.15, 0.2) is 54.6 Å². The highest BCUT2D eigenvalue weighted by atomic mass is 32.2. The highest BCUT2D eigenvalue weighted by Gasteiger charge is 2.23. The molecule has 0 aromatic heterocycles. The van der Waals surface area contributed by atoms with E-state index in [0.717, 1.165) is 5.56 Å². The zero-order chi connectivity index (χ0) is 20.6. The molecule has 2 rings (SSSR count). The van der Waals surface area contributed by atoms with Crippen molar-refractivity contribution in [3.05, 3.63) is 71.3 Å². The van der Waals surface area contributed by atoms with E-state index in [2.05, 4.69) is 10.0 Å². The molecule has 9 heteroatoms. The molecule has 0 spiro atoms. The van der Waals surface area contributed by atoms with Crippen LogP contribution in [0.4, 0.5) is 0 Å². The summed E-state index contributed by atoms with van der Waals surface area (Å²) in [5, 5.41) is 19.7. The number of hydrogen-bond acceptors (Lipinski definition) is 6. The van der Waals surface area contributed by atoms with Crippen LogP contribution in [-0.2, 0) is 27.1 Å². The Morgan fingerprint density at radius 1 is 1.07 bits per heavy atom. The van der Waals surface area contributed by atoms with Gasteiger partial charge in [0.15, 0.2) is 5.78 Å². The number of nitrogens with one attached hydrogen (secondary N) is 3. The number of nitrogen functional groups attached to an aromatic ring is 1. The average molecular weight is 404 g/mol. The van der Waals surface area contributed by atoms with Crippen molar-refractivity contribution >= 4 is 21.6 Å². The molecule has 0 fully saturated rings. The summed E-state index contributed by atoms with van der Waals surface area (Å²) in [7, 11) is -3.77.